The molecule has 2 heterocycles. The van der Waals surface area contributed by atoms with Gasteiger partial charge >= 0.3 is 0 Å². The number of rotatable bonds is 2. The predicted octanol–water partition coefficient (Wildman–Crippen LogP) is 3.04. The van der Waals surface area contributed by atoms with Crippen molar-refractivity contribution in [3.8, 4) is 6.07 Å². The lowest BCUT2D eigenvalue weighted by atomic mass is 10.1. The van der Waals surface area contributed by atoms with E-state index in [0.29, 0.717) is 11.3 Å². The second kappa shape index (κ2) is 5.51. The molecule has 0 aliphatic carbocycles. The maximum atomic E-state index is 12.1. The number of nitriles is 1. The molecule has 0 atom stereocenters. The molecule has 0 saturated carbocycles. The fourth-order valence-corrected chi connectivity index (χ4v) is 2.96. The van der Waals surface area contributed by atoms with Gasteiger partial charge in [-0.2, -0.15) is 10.4 Å². The number of hydrogen-bond acceptors (Lipinski definition) is 4. The van der Waals surface area contributed by atoms with Gasteiger partial charge < -0.3 is 0 Å². The van der Waals surface area contributed by atoms with Crippen molar-refractivity contribution in [3.05, 3.63) is 54.0 Å². The van der Waals surface area contributed by atoms with Gasteiger partial charge in [0.05, 0.1) is 10.0 Å². The Morgan fingerprint density at radius 2 is 2.21 bits per heavy atom. The van der Waals surface area contributed by atoms with E-state index in [-0.39, 0.29) is 11.1 Å². The second-order valence-corrected chi connectivity index (χ2v) is 6.45. The Bertz CT molecular complexity index is 752. The Labute approximate surface area is 122 Å². The first-order valence-corrected chi connectivity index (χ1v) is 7.07. The molecule has 0 amide bonds. The zero-order chi connectivity index (χ0) is 14.0. The quantitative estimate of drug-likeness (QED) is 0.792. The highest BCUT2D eigenvalue weighted by Crippen LogP contribution is 2.20. The van der Waals surface area contributed by atoms with Gasteiger partial charge in [-0.1, -0.05) is 0 Å². The summed E-state index contributed by atoms with van der Waals surface area (Å²) in [5, 5.41) is 13.1. The molecule has 96 valence electrons. The van der Waals surface area contributed by atoms with Crippen LogP contribution in [-0.2, 0) is 0 Å². The lowest BCUT2D eigenvalue weighted by Gasteiger charge is -2.05. The number of pyridine rings is 1. The molecule has 0 aromatic carbocycles. The van der Waals surface area contributed by atoms with Crippen LogP contribution in [-0.4, -0.2) is 10.9 Å². The average molecular weight is 336 g/mol. The van der Waals surface area contributed by atoms with Crippen LogP contribution in [0.2, 0.25) is 0 Å². The third-order valence-electron chi connectivity index (χ3n) is 2.57. The van der Waals surface area contributed by atoms with Crippen LogP contribution in [0.1, 0.15) is 21.7 Å². The van der Waals surface area contributed by atoms with Gasteiger partial charge in [-0.15, -0.1) is 11.3 Å². The molecule has 0 spiro atoms. The fourth-order valence-electron chi connectivity index (χ4n) is 1.67. The van der Waals surface area contributed by atoms with E-state index in [1.54, 1.807) is 26.1 Å². The lowest BCUT2D eigenvalue weighted by Crippen LogP contribution is -2.22. The summed E-state index contributed by atoms with van der Waals surface area (Å²) < 4.78 is 2.25. The highest BCUT2D eigenvalue weighted by Gasteiger charge is 2.08. The second-order valence-electron chi connectivity index (χ2n) is 3.96. The summed E-state index contributed by atoms with van der Waals surface area (Å²) in [6, 6.07) is 7.52. The first-order chi connectivity index (χ1) is 9.02. The Kier molecular flexibility index (Phi) is 3.98. The highest BCUT2D eigenvalue weighted by atomic mass is 79.9. The van der Waals surface area contributed by atoms with E-state index in [1.165, 1.54) is 16.0 Å². The molecular formula is C13H10BrN3OS. The molecule has 2 aromatic heterocycles. The van der Waals surface area contributed by atoms with Crippen LogP contribution in [0.25, 0.3) is 0 Å². The average Bonchev–Trinajstić information content (AvgIpc) is 2.75. The molecule has 0 aliphatic heterocycles. The summed E-state index contributed by atoms with van der Waals surface area (Å²) in [6.07, 6.45) is 1.61. The van der Waals surface area contributed by atoms with Crippen molar-refractivity contribution in [2.45, 2.75) is 13.8 Å². The van der Waals surface area contributed by atoms with E-state index in [2.05, 4.69) is 21.0 Å². The Balaban J connectivity index is 2.49. The maximum absolute atomic E-state index is 12.1. The molecule has 0 N–H and O–H groups in total. The van der Waals surface area contributed by atoms with Crippen LogP contribution in [0.3, 0.4) is 0 Å². The minimum Gasteiger partial charge on any atom is -0.266 e. The van der Waals surface area contributed by atoms with Crippen molar-refractivity contribution in [2.24, 2.45) is 5.10 Å². The number of aryl methyl sites for hydroxylation is 2. The van der Waals surface area contributed by atoms with Crippen molar-refractivity contribution in [1.29, 1.82) is 5.26 Å². The smallest absolute Gasteiger partial charge is 0.266 e. The van der Waals surface area contributed by atoms with Crippen molar-refractivity contribution in [3.63, 3.8) is 0 Å². The summed E-state index contributed by atoms with van der Waals surface area (Å²) in [6.45, 7) is 3.54. The Morgan fingerprint density at radius 3 is 2.79 bits per heavy atom. The summed E-state index contributed by atoms with van der Waals surface area (Å²) in [5.41, 5.74) is 1.13. The van der Waals surface area contributed by atoms with Crippen LogP contribution in [0, 0.1) is 25.2 Å². The monoisotopic (exact) mass is 335 g/mol. The third-order valence-corrected chi connectivity index (χ3v) is 4.12. The topological polar surface area (TPSA) is 58.1 Å². The van der Waals surface area contributed by atoms with E-state index < -0.39 is 0 Å². The molecule has 0 radical (unpaired) electrons. The molecule has 4 nitrogen and oxygen atoms in total. The van der Waals surface area contributed by atoms with E-state index in [4.69, 9.17) is 5.26 Å². The van der Waals surface area contributed by atoms with E-state index >= 15 is 0 Å². The molecule has 0 unspecified atom stereocenters. The molecule has 0 fully saturated rings. The van der Waals surface area contributed by atoms with E-state index in [0.717, 1.165) is 8.66 Å². The van der Waals surface area contributed by atoms with Crippen LogP contribution < -0.4 is 5.56 Å². The number of aromatic nitrogens is 1. The summed E-state index contributed by atoms with van der Waals surface area (Å²) in [4.78, 5) is 13.0. The molecule has 2 rings (SSSR count). The van der Waals surface area contributed by atoms with Crippen molar-refractivity contribution < 1.29 is 0 Å². The maximum Gasteiger partial charge on any atom is 0.289 e. The standard InChI is InChI=1S/C13H10BrN3OS/c1-8-5-9(2)17(13(18)11(8)6-15)16-7-10-3-4-12(14)19-10/h3-5,7H,1-2H3/b16-7-. The zero-order valence-corrected chi connectivity index (χ0v) is 12.7. The molecule has 19 heavy (non-hydrogen) atoms. The molecule has 0 saturated heterocycles. The number of halogens is 1. The summed E-state index contributed by atoms with van der Waals surface area (Å²) in [7, 11) is 0. The van der Waals surface area contributed by atoms with Crippen molar-refractivity contribution >= 4 is 33.5 Å². The van der Waals surface area contributed by atoms with Crippen LogP contribution >= 0.6 is 27.3 Å². The van der Waals surface area contributed by atoms with Gasteiger partial charge in [0.1, 0.15) is 11.6 Å². The Morgan fingerprint density at radius 1 is 1.47 bits per heavy atom. The normalized spacial score (nSPS) is 10.8. The van der Waals surface area contributed by atoms with Crippen LogP contribution in [0.5, 0.6) is 0 Å². The van der Waals surface area contributed by atoms with Gasteiger partial charge in [0.25, 0.3) is 5.56 Å². The highest BCUT2D eigenvalue weighted by molar-refractivity contribution is 9.11. The molecule has 2 aromatic rings. The predicted molar refractivity (Wildman–Crippen MR) is 79.9 cm³/mol. The lowest BCUT2D eigenvalue weighted by molar-refractivity contribution is 0.787. The van der Waals surface area contributed by atoms with Gasteiger partial charge in [-0.3, -0.25) is 4.79 Å². The van der Waals surface area contributed by atoms with Gasteiger partial charge in [0, 0.05) is 10.6 Å². The summed E-state index contributed by atoms with van der Waals surface area (Å²) >= 11 is 4.88. The first-order valence-electron chi connectivity index (χ1n) is 5.46. The molecule has 0 aliphatic rings. The van der Waals surface area contributed by atoms with Crippen molar-refractivity contribution in [1.82, 2.24) is 4.68 Å². The van der Waals surface area contributed by atoms with Crippen LogP contribution in [0.4, 0.5) is 0 Å². The number of nitrogens with zero attached hydrogens (tertiary/aromatic N) is 3. The van der Waals surface area contributed by atoms with E-state index in [9.17, 15) is 4.79 Å². The zero-order valence-electron chi connectivity index (χ0n) is 10.3. The first kappa shape index (κ1) is 13.7. The third kappa shape index (κ3) is 2.83. The number of thiophene rings is 1. The largest absolute Gasteiger partial charge is 0.289 e. The number of hydrogen-bond donors (Lipinski definition) is 0. The summed E-state index contributed by atoms with van der Waals surface area (Å²) in [5.74, 6) is 0. The molecular weight excluding hydrogens is 326 g/mol. The fraction of sp³-hybridized carbons (Fsp3) is 0.154. The van der Waals surface area contributed by atoms with Gasteiger partial charge in [-0.25, -0.2) is 4.68 Å². The van der Waals surface area contributed by atoms with Gasteiger partial charge in [0.15, 0.2) is 0 Å². The Hall–Kier alpha value is -1.71. The van der Waals surface area contributed by atoms with Crippen LogP contribution in [0.15, 0.2) is 31.9 Å². The molecule has 0 bridgehead atoms. The SMILES string of the molecule is Cc1cc(C)n(/N=C\c2ccc(Br)s2)c(=O)c1C#N. The van der Waals surface area contributed by atoms with E-state index in [1.807, 2.05) is 18.2 Å². The minimum atomic E-state index is -0.383. The van der Waals surface area contributed by atoms with Gasteiger partial charge in [0.2, 0.25) is 0 Å². The minimum absolute atomic E-state index is 0.134. The molecule has 6 heteroatoms. The van der Waals surface area contributed by atoms with Gasteiger partial charge in [-0.05, 0) is 53.5 Å². The van der Waals surface area contributed by atoms with Crippen molar-refractivity contribution in [2.75, 3.05) is 0 Å².